The number of ether oxygens (including phenoxy) is 2. The zero-order valence-corrected chi connectivity index (χ0v) is 13.5. The summed E-state index contributed by atoms with van der Waals surface area (Å²) in [5.74, 6) is 0.161. The van der Waals surface area contributed by atoms with E-state index in [0.29, 0.717) is 13.2 Å². The molecule has 122 valence electrons. The molecule has 0 bridgehead atoms. The molecule has 1 fully saturated rings. The average Bonchev–Trinajstić information content (AvgIpc) is 2.79. The molecule has 0 aromatic heterocycles. The van der Waals surface area contributed by atoms with Gasteiger partial charge in [-0.15, -0.1) is 0 Å². The predicted molar refractivity (Wildman–Crippen MR) is 80.0 cm³/mol. The van der Waals surface area contributed by atoms with Gasteiger partial charge in [0, 0.05) is 19.2 Å². The van der Waals surface area contributed by atoms with Gasteiger partial charge in [0.1, 0.15) is 12.2 Å². The van der Waals surface area contributed by atoms with Gasteiger partial charge in [-0.3, -0.25) is 4.79 Å². The Bertz CT molecular complexity index is 352. The highest BCUT2D eigenvalue weighted by Gasteiger charge is 2.29. The van der Waals surface area contributed by atoms with Crippen LogP contribution in [0.4, 0.5) is 4.79 Å². The zero-order chi connectivity index (χ0) is 15.9. The van der Waals surface area contributed by atoms with Gasteiger partial charge >= 0.3 is 6.09 Å². The number of hydrogen-bond donors (Lipinski definition) is 2. The second-order valence-electron chi connectivity index (χ2n) is 6.38. The van der Waals surface area contributed by atoms with Crippen LogP contribution in [0.1, 0.15) is 47.0 Å². The van der Waals surface area contributed by atoms with Crippen molar-refractivity contribution in [3.8, 4) is 0 Å². The van der Waals surface area contributed by atoms with E-state index in [4.69, 9.17) is 9.47 Å². The molecule has 21 heavy (non-hydrogen) atoms. The molecule has 0 spiro atoms. The summed E-state index contributed by atoms with van der Waals surface area (Å²) in [5, 5.41) is 5.76. The molecular weight excluding hydrogens is 272 g/mol. The Morgan fingerprint density at radius 2 is 1.95 bits per heavy atom. The van der Waals surface area contributed by atoms with Crippen LogP contribution in [0.25, 0.3) is 0 Å². The smallest absolute Gasteiger partial charge is 0.407 e. The van der Waals surface area contributed by atoms with E-state index in [1.54, 1.807) is 0 Å². The maximum Gasteiger partial charge on any atom is 0.407 e. The Hall–Kier alpha value is -1.30. The Labute approximate surface area is 126 Å². The van der Waals surface area contributed by atoms with Crippen LogP contribution in [0.15, 0.2) is 0 Å². The summed E-state index contributed by atoms with van der Waals surface area (Å²) < 4.78 is 10.3. The first kappa shape index (κ1) is 17.8. The molecule has 6 nitrogen and oxygen atoms in total. The molecule has 0 saturated heterocycles. The van der Waals surface area contributed by atoms with Gasteiger partial charge in [0.05, 0.1) is 0 Å². The predicted octanol–water partition coefficient (Wildman–Crippen LogP) is 1.83. The van der Waals surface area contributed by atoms with E-state index in [-0.39, 0.29) is 24.5 Å². The molecule has 0 heterocycles. The standard InChI is InChI=1S/C15H28N2O4/c1-5-20-10-13(18)17-12-8-6-7-11(12)9-16-14(19)21-15(2,3)4/h11-12H,5-10H2,1-4H3,(H,16,19)(H,17,18)/t11-,12+/m0/s1. The van der Waals surface area contributed by atoms with E-state index in [2.05, 4.69) is 10.6 Å². The van der Waals surface area contributed by atoms with Crippen LogP contribution in [0.3, 0.4) is 0 Å². The lowest BCUT2D eigenvalue weighted by atomic mass is 10.0. The van der Waals surface area contributed by atoms with E-state index in [1.165, 1.54) is 0 Å². The third kappa shape index (κ3) is 7.32. The average molecular weight is 300 g/mol. The van der Waals surface area contributed by atoms with Crippen molar-refractivity contribution in [2.45, 2.75) is 58.6 Å². The first-order chi connectivity index (χ1) is 9.81. The zero-order valence-electron chi connectivity index (χ0n) is 13.5. The van der Waals surface area contributed by atoms with Crippen LogP contribution in [-0.4, -0.2) is 43.4 Å². The van der Waals surface area contributed by atoms with Crippen molar-refractivity contribution in [3.63, 3.8) is 0 Å². The molecule has 1 aliphatic carbocycles. The van der Waals surface area contributed by atoms with Crippen molar-refractivity contribution in [1.29, 1.82) is 0 Å². The first-order valence-electron chi connectivity index (χ1n) is 7.65. The molecule has 0 unspecified atom stereocenters. The number of nitrogens with one attached hydrogen (secondary N) is 2. The minimum absolute atomic E-state index is 0.0916. The van der Waals surface area contributed by atoms with E-state index in [0.717, 1.165) is 19.3 Å². The molecule has 6 heteroatoms. The fourth-order valence-electron chi connectivity index (χ4n) is 2.44. The minimum atomic E-state index is -0.495. The van der Waals surface area contributed by atoms with Crippen molar-refractivity contribution in [1.82, 2.24) is 10.6 Å². The van der Waals surface area contributed by atoms with Crippen molar-refractivity contribution < 1.29 is 19.1 Å². The molecule has 0 aromatic rings. The fraction of sp³-hybridized carbons (Fsp3) is 0.867. The second kappa shape index (κ2) is 8.22. The Kier molecular flexibility index (Phi) is 6.95. The molecule has 1 aliphatic rings. The van der Waals surface area contributed by atoms with E-state index in [9.17, 15) is 9.59 Å². The van der Waals surface area contributed by atoms with Gasteiger partial charge in [0.15, 0.2) is 0 Å². The summed E-state index contributed by atoms with van der Waals surface area (Å²) in [6.07, 6.45) is 2.59. The minimum Gasteiger partial charge on any atom is -0.444 e. The van der Waals surface area contributed by atoms with Gasteiger partial charge in [0.25, 0.3) is 0 Å². The van der Waals surface area contributed by atoms with Crippen LogP contribution in [0.5, 0.6) is 0 Å². The van der Waals surface area contributed by atoms with Crippen molar-refractivity contribution in [2.24, 2.45) is 5.92 Å². The molecule has 2 amide bonds. The third-order valence-electron chi connectivity index (χ3n) is 3.35. The summed E-state index contributed by atoms with van der Waals surface area (Å²) in [5.41, 5.74) is -0.495. The van der Waals surface area contributed by atoms with Crippen LogP contribution in [0.2, 0.25) is 0 Å². The largest absolute Gasteiger partial charge is 0.444 e. The van der Waals surface area contributed by atoms with Gasteiger partial charge in [-0.1, -0.05) is 6.42 Å². The van der Waals surface area contributed by atoms with Crippen LogP contribution < -0.4 is 10.6 Å². The summed E-state index contributed by atoms with van der Waals surface area (Å²) in [6.45, 7) is 8.50. The lowest BCUT2D eigenvalue weighted by molar-refractivity contribution is -0.126. The SMILES string of the molecule is CCOCC(=O)N[C@@H]1CCC[C@H]1CNC(=O)OC(C)(C)C. The normalized spacial score (nSPS) is 21.9. The number of carbonyl (C=O) groups is 2. The molecule has 0 aromatic carbocycles. The maximum absolute atomic E-state index is 11.7. The van der Waals surface area contributed by atoms with Crippen LogP contribution in [-0.2, 0) is 14.3 Å². The maximum atomic E-state index is 11.7. The molecule has 2 N–H and O–H groups in total. The van der Waals surface area contributed by atoms with E-state index in [1.807, 2.05) is 27.7 Å². The highest BCUT2D eigenvalue weighted by molar-refractivity contribution is 5.77. The topological polar surface area (TPSA) is 76.7 Å². The van der Waals surface area contributed by atoms with Crippen LogP contribution >= 0.6 is 0 Å². The van der Waals surface area contributed by atoms with Gasteiger partial charge in [0.2, 0.25) is 5.91 Å². The molecule has 0 aliphatic heterocycles. The summed E-state index contributed by atoms with van der Waals surface area (Å²) in [7, 11) is 0. The van der Waals surface area contributed by atoms with Crippen molar-refractivity contribution in [3.05, 3.63) is 0 Å². The number of rotatable bonds is 6. The van der Waals surface area contributed by atoms with Gasteiger partial charge in [-0.25, -0.2) is 4.79 Å². The molecule has 0 radical (unpaired) electrons. The Morgan fingerprint density at radius 3 is 2.57 bits per heavy atom. The molecular formula is C15H28N2O4. The second-order valence-corrected chi connectivity index (χ2v) is 6.38. The number of carbonyl (C=O) groups excluding carboxylic acids is 2. The lowest BCUT2D eigenvalue weighted by Crippen LogP contribution is -2.44. The van der Waals surface area contributed by atoms with Gasteiger partial charge in [-0.05, 0) is 46.5 Å². The summed E-state index contributed by atoms with van der Waals surface area (Å²) in [6, 6.07) is 0.105. The first-order valence-corrected chi connectivity index (χ1v) is 7.65. The lowest BCUT2D eigenvalue weighted by Gasteiger charge is -2.23. The Morgan fingerprint density at radius 1 is 1.24 bits per heavy atom. The fourth-order valence-corrected chi connectivity index (χ4v) is 2.44. The third-order valence-corrected chi connectivity index (χ3v) is 3.35. The van der Waals surface area contributed by atoms with E-state index < -0.39 is 11.7 Å². The van der Waals surface area contributed by atoms with Crippen molar-refractivity contribution >= 4 is 12.0 Å². The van der Waals surface area contributed by atoms with Gasteiger partial charge in [-0.2, -0.15) is 0 Å². The van der Waals surface area contributed by atoms with Crippen molar-refractivity contribution in [2.75, 3.05) is 19.8 Å². The molecule has 2 atom stereocenters. The van der Waals surface area contributed by atoms with Crippen LogP contribution in [0, 0.1) is 5.92 Å². The number of alkyl carbamates (subject to hydrolysis) is 1. The highest BCUT2D eigenvalue weighted by atomic mass is 16.6. The van der Waals surface area contributed by atoms with Gasteiger partial charge < -0.3 is 20.1 Å². The highest BCUT2D eigenvalue weighted by Crippen LogP contribution is 2.25. The summed E-state index contributed by atoms with van der Waals surface area (Å²) in [4.78, 5) is 23.3. The number of hydrogen-bond acceptors (Lipinski definition) is 4. The molecule has 1 saturated carbocycles. The molecule has 1 rings (SSSR count). The summed E-state index contributed by atoms with van der Waals surface area (Å²) >= 11 is 0. The number of amides is 2. The van der Waals surface area contributed by atoms with E-state index >= 15 is 0 Å². The quantitative estimate of drug-likeness (QED) is 0.784. The monoisotopic (exact) mass is 300 g/mol. The Balaban J connectivity index is 2.33.